The highest BCUT2D eigenvalue weighted by Gasteiger charge is 2.23. The lowest BCUT2D eigenvalue weighted by Gasteiger charge is -2.27. The smallest absolute Gasteiger partial charge is 0.323 e. The van der Waals surface area contributed by atoms with E-state index in [1.54, 1.807) is 0 Å². The first-order valence-electron chi connectivity index (χ1n) is 6.42. The molecule has 1 rings (SSSR count). The summed E-state index contributed by atoms with van der Waals surface area (Å²) in [6.07, 6.45) is 3.08. The zero-order chi connectivity index (χ0) is 13.5. The van der Waals surface area contributed by atoms with Crippen molar-refractivity contribution in [2.75, 3.05) is 18.8 Å². The van der Waals surface area contributed by atoms with E-state index < -0.39 is 5.97 Å². The predicted molar refractivity (Wildman–Crippen MR) is 73.0 cm³/mol. The van der Waals surface area contributed by atoms with Gasteiger partial charge < -0.3 is 15.3 Å². The van der Waals surface area contributed by atoms with Crippen molar-refractivity contribution >= 4 is 23.8 Å². The van der Waals surface area contributed by atoms with Crippen molar-refractivity contribution in [1.82, 2.24) is 10.2 Å². The predicted octanol–water partition coefficient (Wildman–Crippen LogP) is 1.78. The highest BCUT2D eigenvalue weighted by molar-refractivity contribution is 8.00. The molecule has 6 heteroatoms. The Morgan fingerprint density at radius 1 is 1.56 bits per heavy atom. The first-order valence-corrected chi connectivity index (χ1v) is 7.47. The molecule has 104 valence electrons. The van der Waals surface area contributed by atoms with E-state index in [2.05, 4.69) is 5.32 Å². The van der Waals surface area contributed by atoms with Crippen molar-refractivity contribution in [3.05, 3.63) is 0 Å². The van der Waals surface area contributed by atoms with Crippen molar-refractivity contribution in [1.29, 1.82) is 0 Å². The Hall–Kier alpha value is -0.910. The van der Waals surface area contributed by atoms with E-state index >= 15 is 0 Å². The summed E-state index contributed by atoms with van der Waals surface area (Å²) in [6, 6.07) is -0.323. The molecule has 1 saturated heterocycles. The van der Waals surface area contributed by atoms with E-state index in [0.717, 1.165) is 18.6 Å². The Morgan fingerprint density at radius 3 is 2.78 bits per heavy atom. The largest absolute Gasteiger partial charge is 0.480 e. The van der Waals surface area contributed by atoms with E-state index in [4.69, 9.17) is 5.11 Å². The molecule has 1 aliphatic rings. The number of nitrogens with zero attached hydrogens (tertiary/aromatic N) is 1. The second-order valence-corrected chi connectivity index (χ2v) is 6.01. The number of carboxylic acid groups (broad SMARTS) is 1. The molecule has 0 aromatic carbocycles. The first kappa shape index (κ1) is 15.1. The van der Waals surface area contributed by atoms with Gasteiger partial charge in [-0.2, -0.15) is 11.8 Å². The fourth-order valence-electron chi connectivity index (χ4n) is 1.90. The third-order valence-electron chi connectivity index (χ3n) is 3.19. The van der Waals surface area contributed by atoms with E-state index in [-0.39, 0.29) is 18.6 Å². The lowest BCUT2D eigenvalue weighted by atomic mass is 10.2. The molecule has 5 nitrogen and oxygen atoms in total. The van der Waals surface area contributed by atoms with Gasteiger partial charge in [-0.1, -0.05) is 6.92 Å². The lowest BCUT2D eigenvalue weighted by molar-refractivity contribution is -0.138. The average Bonchev–Trinajstić information content (AvgIpc) is 2.85. The van der Waals surface area contributed by atoms with Crippen LogP contribution in [0.4, 0.5) is 4.79 Å². The zero-order valence-electron chi connectivity index (χ0n) is 11.0. The molecule has 1 aliphatic heterocycles. The van der Waals surface area contributed by atoms with Crippen LogP contribution in [0.25, 0.3) is 0 Å². The van der Waals surface area contributed by atoms with Crippen LogP contribution in [-0.4, -0.2) is 52.1 Å². The Labute approximate surface area is 112 Å². The van der Waals surface area contributed by atoms with Gasteiger partial charge in [-0.05, 0) is 31.9 Å². The van der Waals surface area contributed by atoms with Crippen molar-refractivity contribution in [3.63, 3.8) is 0 Å². The molecule has 0 aromatic heterocycles. The van der Waals surface area contributed by atoms with Gasteiger partial charge in [0.25, 0.3) is 0 Å². The number of carbonyl (C=O) groups is 2. The standard InChI is InChI=1S/C12H22N2O3S/c1-3-9(2)14(8-11(15)16)12(17)13-7-10-5-4-6-18-10/h9-10H,3-8H2,1-2H3,(H,13,17)(H,15,16). The van der Waals surface area contributed by atoms with Crippen LogP contribution in [0.3, 0.4) is 0 Å². The quantitative estimate of drug-likeness (QED) is 0.774. The van der Waals surface area contributed by atoms with Crippen LogP contribution < -0.4 is 5.32 Å². The number of carbonyl (C=O) groups excluding carboxylic acids is 1. The van der Waals surface area contributed by atoms with Gasteiger partial charge in [0.2, 0.25) is 0 Å². The Morgan fingerprint density at radius 2 is 2.28 bits per heavy atom. The summed E-state index contributed by atoms with van der Waals surface area (Å²) in [5.74, 6) is 0.186. The summed E-state index contributed by atoms with van der Waals surface area (Å²) in [4.78, 5) is 24.1. The second kappa shape index (κ2) is 7.51. The van der Waals surface area contributed by atoms with E-state index in [9.17, 15) is 9.59 Å². The molecule has 1 heterocycles. The summed E-state index contributed by atoms with van der Waals surface area (Å²) < 4.78 is 0. The van der Waals surface area contributed by atoms with Crippen LogP contribution in [0.15, 0.2) is 0 Å². The second-order valence-electron chi connectivity index (χ2n) is 4.60. The zero-order valence-corrected chi connectivity index (χ0v) is 11.8. The van der Waals surface area contributed by atoms with Gasteiger partial charge in [-0.3, -0.25) is 4.79 Å². The maximum Gasteiger partial charge on any atom is 0.323 e. The summed E-state index contributed by atoms with van der Waals surface area (Å²) >= 11 is 1.87. The molecule has 0 aromatic rings. The van der Waals surface area contributed by atoms with Crippen LogP contribution in [0.2, 0.25) is 0 Å². The van der Waals surface area contributed by atoms with E-state index in [0.29, 0.717) is 11.8 Å². The molecular formula is C12H22N2O3S. The highest BCUT2D eigenvalue weighted by atomic mass is 32.2. The number of amides is 2. The SMILES string of the molecule is CCC(C)N(CC(=O)O)C(=O)NCC1CCCS1. The Bertz CT molecular complexity index is 293. The highest BCUT2D eigenvalue weighted by Crippen LogP contribution is 2.25. The van der Waals surface area contributed by atoms with Gasteiger partial charge in [0.1, 0.15) is 6.54 Å². The maximum absolute atomic E-state index is 12.0. The fraction of sp³-hybridized carbons (Fsp3) is 0.833. The summed E-state index contributed by atoms with van der Waals surface area (Å²) in [6.45, 7) is 4.21. The summed E-state index contributed by atoms with van der Waals surface area (Å²) in [5, 5.41) is 12.2. The molecule has 1 fully saturated rings. The topological polar surface area (TPSA) is 69.6 Å². The molecule has 2 unspecified atom stereocenters. The van der Waals surface area contributed by atoms with Crippen LogP contribution in [0.1, 0.15) is 33.1 Å². The molecule has 2 N–H and O–H groups in total. The van der Waals surface area contributed by atoms with Crippen molar-refractivity contribution in [2.45, 2.75) is 44.4 Å². The number of rotatable bonds is 6. The molecular weight excluding hydrogens is 252 g/mol. The number of hydrogen-bond donors (Lipinski definition) is 2. The molecule has 0 bridgehead atoms. The molecule has 0 aliphatic carbocycles. The van der Waals surface area contributed by atoms with Gasteiger partial charge in [-0.15, -0.1) is 0 Å². The first-order chi connectivity index (χ1) is 8.54. The number of aliphatic carboxylic acids is 1. The van der Waals surface area contributed by atoms with Gasteiger partial charge in [0.15, 0.2) is 0 Å². The minimum atomic E-state index is -0.972. The number of nitrogens with one attached hydrogen (secondary N) is 1. The molecule has 2 atom stereocenters. The molecule has 18 heavy (non-hydrogen) atoms. The number of hydrogen-bond acceptors (Lipinski definition) is 3. The number of thioether (sulfide) groups is 1. The molecule has 0 spiro atoms. The lowest BCUT2D eigenvalue weighted by Crippen LogP contribution is -2.48. The van der Waals surface area contributed by atoms with Gasteiger partial charge >= 0.3 is 12.0 Å². The van der Waals surface area contributed by atoms with Gasteiger partial charge in [-0.25, -0.2) is 4.79 Å². The fourth-order valence-corrected chi connectivity index (χ4v) is 3.10. The van der Waals surface area contributed by atoms with E-state index in [1.165, 1.54) is 11.3 Å². The van der Waals surface area contributed by atoms with Crippen molar-refractivity contribution in [2.24, 2.45) is 0 Å². The minimum Gasteiger partial charge on any atom is -0.480 e. The summed E-state index contributed by atoms with van der Waals surface area (Å²) in [7, 11) is 0. The number of urea groups is 1. The third kappa shape index (κ3) is 4.76. The van der Waals surface area contributed by atoms with Crippen LogP contribution in [0.5, 0.6) is 0 Å². The van der Waals surface area contributed by atoms with Gasteiger partial charge in [0.05, 0.1) is 0 Å². The Kier molecular flexibility index (Phi) is 6.32. The van der Waals surface area contributed by atoms with Crippen molar-refractivity contribution < 1.29 is 14.7 Å². The molecule has 2 amide bonds. The monoisotopic (exact) mass is 274 g/mol. The normalized spacial score (nSPS) is 20.4. The Balaban J connectivity index is 2.44. The average molecular weight is 274 g/mol. The molecule has 0 saturated carbocycles. The van der Waals surface area contributed by atoms with E-state index in [1.807, 2.05) is 25.6 Å². The van der Waals surface area contributed by atoms with Gasteiger partial charge in [0, 0.05) is 17.8 Å². The van der Waals surface area contributed by atoms with Crippen LogP contribution in [0, 0.1) is 0 Å². The van der Waals surface area contributed by atoms with Crippen LogP contribution >= 0.6 is 11.8 Å². The van der Waals surface area contributed by atoms with Crippen LogP contribution in [-0.2, 0) is 4.79 Å². The third-order valence-corrected chi connectivity index (χ3v) is 4.59. The molecule has 0 radical (unpaired) electrons. The minimum absolute atomic E-state index is 0.0580. The number of carboxylic acids is 1. The summed E-state index contributed by atoms with van der Waals surface area (Å²) in [5.41, 5.74) is 0. The van der Waals surface area contributed by atoms with Crippen molar-refractivity contribution in [3.8, 4) is 0 Å². The maximum atomic E-state index is 12.0.